The topological polar surface area (TPSA) is 92.2 Å². The van der Waals surface area contributed by atoms with Crippen molar-refractivity contribution >= 4 is 46.4 Å². The minimum atomic E-state index is -1.04. The summed E-state index contributed by atoms with van der Waals surface area (Å²) in [6.07, 6.45) is 0. The summed E-state index contributed by atoms with van der Waals surface area (Å²) >= 11 is 12.6. The molecule has 2 rings (SSSR count). The van der Waals surface area contributed by atoms with Crippen LogP contribution < -0.4 is 5.32 Å². The summed E-state index contributed by atoms with van der Waals surface area (Å²) in [6.45, 7) is 1.68. The number of hydrogen-bond donors (Lipinski definition) is 2. The number of aromatic carboxylic acids is 1. The van der Waals surface area contributed by atoms with E-state index >= 15 is 0 Å². The van der Waals surface area contributed by atoms with Crippen molar-refractivity contribution in [2.75, 3.05) is 0 Å². The van der Waals surface area contributed by atoms with Gasteiger partial charge in [0.2, 0.25) is 0 Å². The number of rotatable bonds is 4. The predicted molar refractivity (Wildman–Crippen MR) is 79.2 cm³/mol. The highest BCUT2D eigenvalue weighted by molar-refractivity contribution is 7.13. The second-order valence-electron chi connectivity index (χ2n) is 3.97. The van der Waals surface area contributed by atoms with Crippen molar-refractivity contribution in [3.63, 3.8) is 0 Å². The Morgan fingerprint density at radius 1 is 1.33 bits per heavy atom. The molecule has 0 aliphatic rings. The van der Waals surface area contributed by atoms with E-state index in [9.17, 15) is 9.59 Å². The van der Waals surface area contributed by atoms with E-state index in [0.29, 0.717) is 10.7 Å². The number of nitrogens with zero attached hydrogens (tertiary/aromatic N) is 2. The van der Waals surface area contributed by atoms with Gasteiger partial charge in [0.1, 0.15) is 20.7 Å². The van der Waals surface area contributed by atoms with E-state index in [4.69, 9.17) is 28.3 Å². The lowest BCUT2D eigenvalue weighted by Crippen LogP contribution is -2.24. The van der Waals surface area contributed by atoms with Gasteiger partial charge in [-0.15, -0.1) is 11.3 Å². The predicted octanol–water partition coefficient (Wildman–Crippen LogP) is 2.78. The number of aromatic nitrogens is 2. The summed E-state index contributed by atoms with van der Waals surface area (Å²) in [6, 6.07) is 2.95. The lowest BCUT2D eigenvalue weighted by atomic mass is 10.3. The van der Waals surface area contributed by atoms with Crippen LogP contribution in [0.2, 0.25) is 10.2 Å². The third-order valence-corrected chi connectivity index (χ3v) is 4.12. The van der Waals surface area contributed by atoms with E-state index in [0.717, 1.165) is 11.3 Å². The molecule has 2 aromatic rings. The summed E-state index contributed by atoms with van der Waals surface area (Å²) in [5.41, 5.74) is 0.423. The second kappa shape index (κ2) is 6.38. The van der Waals surface area contributed by atoms with Crippen LogP contribution in [0.4, 0.5) is 0 Å². The Bertz CT molecular complexity index is 718. The molecule has 0 unspecified atom stereocenters. The van der Waals surface area contributed by atoms with Crippen LogP contribution in [-0.4, -0.2) is 27.0 Å². The van der Waals surface area contributed by atoms with E-state index < -0.39 is 11.9 Å². The van der Waals surface area contributed by atoms with Crippen LogP contribution in [0.1, 0.15) is 30.9 Å². The number of aryl methyl sites for hydroxylation is 1. The number of nitrogens with one attached hydrogen (secondary N) is 1. The zero-order valence-corrected chi connectivity index (χ0v) is 13.0. The molecule has 0 fully saturated rings. The third kappa shape index (κ3) is 3.69. The summed E-state index contributed by atoms with van der Waals surface area (Å²) in [5.74, 6) is -1.55. The average Bonchev–Trinajstić information content (AvgIpc) is 2.80. The third-order valence-electron chi connectivity index (χ3n) is 2.46. The molecule has 0 saturated carbocycles. The van der Waals surface area contributed by atoms with Crippen molar-refractivity contribution < 1.29 is 14.7 Å². The van der Waals surface area contributed by atoms with Crippen molar-refractivity contribution in [1.29, 1.82) is 0 Å². The molecule has 2 aromatic heterocycles. The first kappa shape index (κ1) is 15.7. The van der Waals surface area contributed by atoms with Crippen LogP contribution in [0.5, 0.6) is 0 Å². The Morgan fingerprint density at radius 3 is 2.67 bits per heavy atom. The molecule has 0 bridgehead atoms. The molecule has 1 amide bonds. The number of thiazole rings is 1. The van der Waals surface area contributed by atoms with Gasteiger partial charge in [-0.25, -0.2) is 14.8 Å². The molecular formula is C12H9Cl2N3O3S. The number of amides is 1. The molecule has 2 heterocycles. The summed E-state index contributed by atoms with van der Waals surface area (Å²) in [5, 5.41) is 12.3. The second-order valence-corrected chi connectivity index (χ2v) is 5.85. The monoisotopic (exact) mass is 345 g/mol. The summed E-state index contributed by atoms with van der Waals surface area (Å²) in [7, 11) is 0. The lowest BCUT2D eigenvalue weighted by molar-refractivity contribution is 0.0701. The number of carbonyl (C=O) groups excluding carboxylic acids is 1. The number of halogens is 2. The summed E-state index contributed by atoms with van der Waals surface area (Å²) in [4.78, 5) is 31.0. The van der Waals surface area contributed by atoms with E-state index in [-0.39, 0.29) is 27.3 Å². The maximum absolute atomic E-state index is 12.0. The highest BCUT2D eigenvalue weighted by Gasteiger charge is 2.16. The SMILES string of the molecule is Cc1nc(CNC(=O)c2nc(Cl)ccc2Cl)sc1C(=O)O. The van der Waals surface area contributed by atoms with Gasteiger partial charge in [0.25, 0.3) is 5.91 Å². The Kier molecular flexibility index (Phi) is 4.76. The van der Waals surface area contributed by atoms with Gasteiger partial charge in [0.05, 0.1) is 17.3 Å². The average molecular weight is 346 g/mol. The molecule has 21 heavy (non-hydrogen) atoms. The first-order valence-corrected chi connectivity index (χ1v) is 7.25. The van der Waals surface area contributed by atoms with Gasteiger partial charge in [-0.1, -0.05) is 23.2 Å². The largest absolute Gasteiger partial charge is 0.477 e. The minimum absolute atomic E-state index is 0.0101. The van der Waals surface area contributed by atoms with Crippen molar-refractivity contribution in [1.82, 2.24) is 15.3 Å². The molecule has 0 aliphatic carbocycles. The van der Waals surface area contributed by atoms with Gasteiger partial charge in [-0.2, -0.15) is 0 Å². The van der Waals surface area contributed by atoms with Crippen molar-refractivity contribution in [3.05, 3.63) is 43.6 Å². The van der Waals surface area contributed by atoms with E-state index in [1.165, 1.54) is 12.1 Å². The fourth-order valence-corrected chi connectivity index (χ4v) is 2.73. The maximum Gasteiger partial charge on any atom is 0.347 e. The van der Waals surface area contributed by atoms with Crippen LogP contribution in [0.3, 0.4) is 0 Å². The van der Waals surface area contributed by atoms with Gasteiger partial charge >= 0.3 is 5.97 Å². The first-order valence-electron chi connectivity index (χ1n) is 5.68. The summed E-state index contributed by atoms with van der Waals surface area (Å²) < 4.78 is 0. The van der Waals surface area contributed by atoms with Gasteiger partial charge < -0.3 is 10.4 Å². The normalized spacial score (nSPS) is 10.4. The molecule has 9 heteroatoms. The first-order chi connectivity index (χ1) is 9.88. The fourth-order valence-electron chi connectivity index (χ4n) is 1.54. The maximum atomic E-state index is 12.0. The smallest absolute Gasteiger partial charge is 0.347 e. The van der Waals surface area contributed by atoms with Gasteiger partial charge in [0.15, 0.2) is 0 Å². The molecule has 6 nitrogen and oxygen atoms in total. The Labute approximate surface area is 133 Å². The zero-order valence-electron chi connectivity index (χ0n) is 10.7. The van der Waals surface area contributed by atoms with Crippen molar-refractivity contribution in [2.24, 2.45) is 0 Å². The van der Waals surface area contributed by atoms with Gasteiger partial charge in [0, 0.05) is 0 Å². The van der Waals surface area contributed by atoms with Crippen molar-refractivity contribution in [2.45, 2.75) is 13.5 Å². The molecule has 0 radical (unpaired) electrons. The van der Waals surface area contributed by atoms with Crippen LogP contribution in [0, 0.1) is 6.92 Å². The van der Waals surface area contributed by atoms with Gasteiger partial charge in [-0.3, -0.25) is 4.79 Å². The van der Waals surface area contributed by atoms with Crippen LogP contribution in [-0.2, 0) is 6.54 Å². The van der Waals surface area contributed by atoms with Crippen molar-refractivity contribution in [3.8, 4) is 0 Å². The van der Waals surface area contributed by atoms with E-state index in [1.807, 2.05) is 0 Å². The number of carbonyl (C=O) groups is 2. The molecular weight excluding hydrogens is 337 g/mol. The number of hydrogen-bond acceptors (Lipinski definition) is 5. The minimum Gasteiger partial charge on any atom is -0.477 e. The Balaban J connectivity index is 2.09. The number of carboxylic acids is 1. The molecule has 0 atom stereocenters. The van der Waals surface area contributed by atoms with Crippen LogP contribution >= 0.6 is 34.5 Å². The fraction of sp³-hybridized carbons (Fsp3) is 0.167. The molecule has 2 N–H and O–H groups in total. The molecule has 0 saturated heterocycles. The Hall–Kier alpha value is -1.70. The number of carboxylic acid groups (broad SMARTS) is 1. The van der Waals surface area contributed by atoms with Crippen LogP contribution in [0.25, 0.3) is 0 Å². The molecule has 0 aromatic carbocycles. The van der Waals surface area contributed by atoms with E-state index in [2.05, 4.69) is 15.3 Å². The quantitative estimate of drug-likeness (QED) is 0.831. The lowest BCUT2D eigenvalue weighted by Gasteiger charge is -2.04. The highest BCUT2D eigenvalue weighted by atomic mass is 35.5. The van der Waals surface area contributed by atoms with Crippen LogP contribution in [0.15, 0.2) is 12.1 Å². The zero-order chi connectivity index (χ0) is 15.6. The highest BCUT2D eigenvalue weighted by Crippen LogP contribution is 2.19. The number of pyridine rings is 1. The standard InChI is InChI=1S/C12H9Cl2N3O3S/c1-5-10(12(19)20)21-8(16-5)4-15-11(18)9-6(13)2-3-7(14)17-9/h2-3H,4H2,1H3,(H,15,18)(H,19,20). The molecule has 0 spiro atoms. The van der Waals surface area contributed by atoms with Gasteiger partial charge in [-0.05, 0) is 19.1 Å². The van der Waals surface area contributed by atoms with E-state index in [1.54, 1.807) is 6.92 Å². The molecule has 110 valence electrons. The molecule has 0 aliphatic heterocycles. The Morgan fingerprint density at radius 2 is 2.05 bits per heavy atom.